The van der Waals surface area contributed by atoms with Gasteiger partial charge in [0, 0.05) is 31.7 Å². The van der Waals surface area contributed by atoms with Crippen molar-refractivity contribution in [2.75, 3.05) is 46.3 Å². The van der Waals surface area contributed by atoms with E-state index < -0.39 is 0 Å². The molecular formula is C18H33N3. The molecule has 1 unspecified atom stereocenters. The molecule has 3 saturated heterocycles. The van der Waals surface area contributed by atoms with Crippen LogP contribution in [-0.2, 0) is 0 Å². The highest BCUT2D eigenvalue weighted by atomic mass is 15.3. The van der Waals surface area contributed by atoms with Gasteiger partial charge >= 0.3 is 0 Å². The maximum Gasteiger partial charge on any atom is 0.0350 e. The number of piperidine rings is 2. The summed E-state index contributed by atoms with van der Waals surface area (Å²) in [6, 6.07) is 1.73. The smallest absolute Gasteiger partial charge is 0.0350 e. The normalized spacial score (nSPS) is 36.6. The molecule has 0 aromatic carbocycles. The summed E-state index contributed by atoms with van der Waals surface area (Å²) >= 11 is 0. The van der Waals surface area contributed by atoms with Gasteiger partial charge in [0.1, 0.15) is 0 Å². The van der Waals surface area contributed by atoms with Gasteiger partial charge in [-0.2, -0.15) is 0 Å². The Balaban J connectivity index is 1.22. The van der Waals surface area contributed by atoms with Crippen LogP contribution in [0.25, 0.3) is 0 Å². The van der Waals surface area contributed by atoms with Gasteiger partial charge in [0.15, 0.2) is 0 Å². The van der Waals surface area contributed by atoms with Gasteiger partial charge in [-0.3, -0.25) is 9.80 Å². The van der Waals surface area contributed by atoms with E-state index in [4.69, 9.17) is 0 Å². The lowest BCUT2D eigenvalue weighted by Gasteiger charge is -2.56. The third kappa shape index (κ3) is 2.77. The number of nitrogens with zero attached hydrogens (tertiary/aromatic N) is 3. The molecule has 0 aromatic rings. The first-order chi connectivity index (χ1) is 10.1. The van der Waals surface area contributed by atoms with Crippen LogP contribution in [0.5, 0.6) is 0 Å². The summed E-state index contributed by atoms with van der Waals surface area (Å²) in [5.41, 5.74) is 0.783. The van der Waals surface area contributed by atoms with Crippen molar-refractivity contribution in [1.29, 1.82) is 0 Å². The lowest BCUT2D eigenvalue weighted by molar-refractivity contribution is -0.0627. The quantitative estimate of drug-likeness (QED) is 0.773. The Bertz CT molecular complexity index is 361. The van der Waals surface area contributed by atoms with Crippen LogP contribution >= 0.6 is 0 Å². The lowest BCUT2D eigenvalue weighted by Crippen LogP contribution is -2.65. The second kappa shape index (κ2) is 5.50. The summed E-state index contributed by atoms with van der Waals surface area (Å²) in [4.78, 5) is 8.09. The van der Waals surface area contributed by atoms with Crippen molar-refractivity contribution in [3.63, 3.8) is 0 Å². The highest BCUT2D eigenvalue weighted by molar-refractivity contribution is 5.00. The zero-order valence-electron chi connectivity index (χ0n) is 14.1. The van der Waals surface area contributed by atoms with Crippen molar-refractivity contribution in [2.45, 2.75) is 57.5 Å². The Morgan fingerprint density at radius 3 is 2.19 bits per heavy atom. The zero-order valence-corrected chi connectivity index (χ0v) is 14.1. The van der Waals surface area contributed by atoms with E-state index in [1.165, 1.54) is 77.8 Å². The fraction of sp³-hybridized carbons (Fsp3) is 1.00. The molecule has 1 spiro atoms. The molecule has 120 valence electrons. The molecule has 4 aliphatic rings. The monoisotopic (exact) mass is 291 g/mol. The summed E-state index contributed by atoms with van der Waals surface area (Å²) < 4.78 is 0. The van der Waals surface area contributed by atoms with Gasteiger partial charge < -0.3 is 4.90 Å². The van der Waals surface area contributed by atoms with Crippen LogP contribution in [0.1, 0.15) is 45.4 Å². The van der Waals surface area contributed by atoms with E-state index in [2.05, 4.69) is 28.7 Å². The number of likely N-dealkylation sites (tertiary alicyclic amines) is 3. The highest BCUT2D eigenvalue weighted by Gasteiger charge is 2.46. The molecule has 1 aliphatic carbocycles. The second-order valence-corrected chi connectivity index (χ2v) is 8.72. The van der Waals surface area contributed by atoms with Crippen molar-refractivity contribution >= 4 is 0 Å². The van der Waals surface area contributed by atoms with E-state index in [0.717, 1.165) is 23.4 Å². The first-order valence-corrected chi connectivity index (χ1v) is 9.30. The Kier molecular flexibility index (Phi) is 3.79. The molecule has 3 heteroatoms. The number of hydrogen-bond acceptors (Lipinski definition) is 3. The van der Waals surface area contributed by atoms with Gasteiger partial charge in [-0.25, -0.2) is 0 Å². The van der Waals surface area contributed by atoms with Crippen LogP contribution in [0.2, 0.25) is 0 Å². The predicted octanol–water partition coefficient (Wildman–Crippen LogP) is 2.28. The Morgan fingerprint density at radius 2 is 1.57 bits per heavy atom. The number of hydrogen-bond donors (Lipinski definition) is 0. The summed E-state index contributed by atoms with van der Waals surface area (Å²) in [5.74, 6) is 1.01. The van der Waals surface area contributed by atoms with Crippen molar-refractivity contribution < 1.29 is 0 Å². The van der Waals surface area contributed by atoms with Crippen molar-refractivity contribution in [3.8, 4) is 0 Å². The van der Waals surface area contributed by atoms with Crippen molar-refractivity contribution in [1.82, 2.24) is 14.7 Å². The molecule has 0 bridgehead atoms. The van der Waals surface area contributed by atoms with Gasteiger partial charge in [-0.15, -0.1) is 0 Å². The third-order valence-corrected chi connectivity index (χ3v) is 6.94. The fourth-order valence-corrected chi connectivity index (χ4v) is 5.64. The van der Waals surface area contributed by atoms with Gasteiger partial charge in [0.2, 0.25) is 0 Å². The third-order valence-electron chi connectivity index (χ3n) is 6.94. The molecule has 3 aliphatic heterocycles. The van der Waals surface area contributed by atoms with E-state index in [1.54, 1.807) is 0 Å². The highest BCUT2D eigenvalue weighted by Crippen LogP contribution is 2.52. The van der Waals surface area contributed by atoms with Crippen molar-refractivity contribution in [3.05, 3.63) is 0 Å². The molecular weight excluding hydrogens is 258 g/mol. The Hall–Kier alpha value is -0.120. The summed E-state index contributed by atoms with van der Waals surface area (Å²) in [6.07, 6.45) is 8.84. The standard InChI is InChI=1S/C18H33N3/c1-15-10-18(11-15)5-8-20(9-6-18)17-13-21(14-17)16-4-3-7-19(2)12-16/h15-17H,3-14H2,1-2H3. The molecule has 3 heterocycles. The Morgan fingerprint density at radius 1 is 0.857 bits per heavy atom. The Labute approximate surface area is 130 Å². The van der Waals surface area contributed by atoms with E-state index in [-0.39, 0.29) is 0 Å². The summed E-state index contributed by atoms with van der Waals surface area (Å²) in [5, 5.41) is 0. The van der Waals surface area contributed by atoms with Crippen molar-refractivity contribution in [2.24, 2.45) is 11.3 Å². The topological polar surface area (TPSA) is 9.72 Å². The first-order valence-electron chi connectivity index (χ1n) is 9.30. The van der Waals surface area contributed by atoms with Gasteiger partial charge in [-0.05, 0) is 76.5 Å². The number of rotatable bonds is 2. The summed E-state index contributed by atoms with van der Waals surface area (Å²) in [7, 11) is 2.28. The van der Waals surface area contributed by atoms with Gasteiger partial charge in [0.25, 0.3) is 0 Å². The van der Waals surface area contributed by atoms with Gasteiger partial charge in [0.05, 0.1) is 0 Å². The fourth-order valence-electron chi connectivity index (χ4n) is 5.64. The maximum atomic E-state index is 2.82. The minimum absolute atomic E-state index is 0.783. The van der Waals surface area contributed by atoms with E-state index in [9.17, 15) is 0 Å². The molecule has 1 saturated carbocycles. The predicted molar refractivity (Wildman–Crippen MR) is 87.5 cm³/mol. The zero-order chi connectivity index (χ0) is 14.4. The largest absolute Gasteiger partial charge is 0.305 e. The van der Waals surface area contributed by atoms with Crippen LogP contribution in [-0.4, -0.2) is 73.1 Å². The second-order valence-electron chi connectivity index (χ2n) is 8.72. The average Bonchev–Trinajstić information content (AvgIpc) is 2.38. The molecule has 0 radical (unpaired) electrons. The minimum atomic E-state index is 0.783. The van der Waals surface area contributed by atoms with Crippen LogP contribution in [0.4, 0.5) is 0 Å². The van der Waals surface area contributed by atoms with Gasteiger partial charge in [-0.1, -0.05) is 6.92 Å². The van der Waals surface area contributed by atoms with Crippen LogP contribution < -0.4 is 0 Å². The molecule has 0 N–H and O–H groups in total. The molecule has 4 fully saturated rings. The molecule has 1 atom stereocenters. The van der Waals surface area contributed by atoms with E-state index in [0.29, 0.717) is 0 Å². The molecule has 3 nitrogen and oxygen atoms in total. The summed E-state index contributed by atoms with van der Waals surface area (Å²) in [6.45, 7) is 10.5. The average molecular weight is 291 g/mol. The molecule has 0 amide bonds. The minimum Gasteiger partial charge on any atom is -0.305 e. The van der Waals surface area contributed by atoms with E-state index >= 15 is 0 Å². The van der Waals surface area contributed by atoms with Crippen LogP contribution in [0.15, 0.2) is 0 Å². The molecule has 21 heavy (non-hydrogen) atoms. The van der Waals surface area contributed by atoms with E-state index in [1.807, 2.05) is 0 Å². The van der Waals surface area contributed by atoms with Crippen LogP contribution in [0, 0.1) is 11.3 Å². The van der Waals surface area contributed by atoms with Crippen LogP contribution in [0.3, 0.4) is 0 Å². The number of likely N-dealkylation sites (N-methyl/N-ethyl adjacent to an activating group) is 1. The first kappa shape index (κ1) is 14.5. The molecule has 4 rings (SSSR count). The lowest BCUT2D eigenvalue weighted by atomic mass is 9.58. The molecule has 0 aromatic heterocycles. The maximum absolute atomic E-state index is 2.82. The SMILES string of the molecule is CC1CC2(CCN(C3CN(C4CCCN(C)C4)C3)CC2)C1.